The summed E-state index contributed by atoms with van der Waals surface area (Å²) in [5, 5.41) is 3.79. The summed E-state index contributed by atoms with van der Waals surface area (Å²) in [6.45, 7) is 8.31. The average molecular weight is 573 g/mol. The number of pyridine rings is 2. The number of hydrogen-bond donors (Lipinski definition) is 1. The van der Waals surface area contributed by atoms with Gasteiger partial charge in [0.15, 0.2) is 10.8 Å². The minimum Gasteiger partial charge on any atom is -0.325 e. The van der Waals surface area contributed by atoms with Gasteiger partial charge in [0.1, 0.15) is 5.52 Å². The summed E-state index contributed by atoms with van der Waals surface area (Å²) in [4.78, 5) is 26.7. The molecular weight excluding hydrogens is 546 g/mol. The number of nitrogens with one attached hydrogen (secondary N) is 1. The molecule has 0 radical (unpaired) electrons. The molecule has 0 spiro atoms. The highest BCUT2D eigenvalue weighted by Crippen LogP contribution is 2.32. The molecule has 0 atom stereocenters. The number of carbonyl (C=O) groups is 1. The summed E-state index contributed by atoms with van der Waals surface area (Å²) in [5.41, 5.74) is 10.0. The van der Waals surface area contributed by atoms with E-state index in [0.29, 0.717) is 0 Å². The fraction of sp³-hybridized carbons (Fsp3) is 0.172. The summed E-state index contributed by atoms with van der Waals surface area (Å²) in [6.07, 6.45) is 5.38. The van der Waals surface area contributed by atoms with E-state index >= 15 is 0 Å². The van der Waals surface area contributed by atoms with E-state index in [2.05, 4.69) is 68.7 Å². The fourth-order valence-electron chi connectivity index (χ4n) is 4.66. The normalized spacial score (nSPS) is 11.2. The molecule has 1 N–H and O–H groups in total. The number of amides is 1. The molecular formula is C29H26BrN5OS. The molecule has 0 aliphatic heterocycles. The Hall–Kier alpha value is -3.49. The van der Waals surface area contributed by atoms with Crippen LogP contribution in [0.3, 0.4) is 0 Å². The maximum Gasteiger partial charge on any atom is 0.234 e. The van der Waals surface area contributed by atoms with Crippen LogP contribution < -0.4 is 5.32 Å². The van der Waals surface area contributed by atoms with E-state index < -0.39 is 0 Å². The molecule has 3 aromatic heterocycles. The van der Waals surface area contributed by atoms with E-state index in [-0.39, 0.29) is 11.7 Å². The molecule has 5 rings (SSSR count). The molecule has 1 amide bonds. The van der Waals surface area contributed by atoms with Gasteiger partial charge in [0.25, 0.3) is 0 Å². The first-order valence-electron chi connectivity index (χ1n) is 11.9. The standard InChI is InChI=1S/C29H26BrN5OS/c1-17-10-18(2)27(19(3)11-17)35-28-25(6-5-8-32-28)34-29(35)37-16-26(36)33-23-13-21(12-22(30)14-23)24-7-9-31-15-20(24)4/h5-15H,16H2,1-4H3,(H,33,36). The van der Waals surface area contributed by atoms with Crippen LogP contribution in [0.15, 0.2) is 76.8 Å². The number of aromatic nitrogens is 4. The quantitative estimate of drug-likeness (QED) is 0.218. The van der Waals surface area contributed by atoms with Gasteiger partial charge in [-0.15, -0.1) is 0 Å². The van der Waals surface area contributed by atoms with Crippen molar-refractivity contribution >= 4 is 50.5 Å². The Morgan fingerprint density at radius 2 is 1.78 bits per heavy atom. The molecule has 0 bridgehead atoms. The molecule has 3 heterocycles. The molecule has 2 aromatic carbocycles. The third kappa shape index (κ3) is 5.31. The first-order chi connectivity index (χ1) is 17.8. The predicted molar refractivity (Wildman–Crippen MR) is 155 cm³/mol. The van der Waals surface area contributed by atoms with Crippen molar-refractivity contribution in [3.05, 3.63) is 93.8 Å². The number of nitrogens with zero attached hydrogens (tertiary/aromatic N) is 4. The van der Waals surface area contributed by atoms with Crippen LogP contribution in [0.5, 0.6) is 0 Å². The van der Waals surface area contributed by atoms with Gasteiger partial charge in [-0.1, -0.05) is 45.4 Å². The van der Waals surface area contributed by atoms with Crippen molar-refractivity contribution in [1.29, 1.82) is 0 Å². The van der Waals surface area contributed by atoms with Crippen molar-refractivity contribution < 1.29 is 4.79 Å². The molecule has 37 heavy (non-hydrogen) atoms. The number of aryl methyl sites for hydroxylation is 4. The van der Waals surface area contributed by atoms with Crippen molar-refractivity contribution in [1.82, 2.24) is 19.5 Å². The molecule has 186 valence electrons. The molecule has 0 saturated heterocycles. The highest BCUT2D eigenvalue weighted by atomic mass is 79.9. The van der Waals surface area contributed by atoms with Crippen LogP contribution in [0.2, 0.25) is 0 Å². The van der Waals surface area contributed by atoms with Crippen LogP contribution in [-0.2, 0) is 4.79 Å². The number of thioether (sulfide) groups is 1. The Morgan fingerprint density at radius 1 is 1.00 bits per heavy atom. The van der Waals surface area contributed by atoms with Crippen LogP contribution in [0.4, 0.5) is 5.69 Å². The van der Waals surface area contributed by atoms with E-state index in [1.165, 1.54) is 17.3 Å². The zero-order valence-electron chi connectivity index (χ0n) is 21.0. The van der Waals surface area contributed by atoms with Gasteiger partial charge in [0.05, 0.1) is 11.4 Å². The summed E-state index contributed by atoms with van der Waals surface area (Å²) in [7, 11) is 0. The fourth-order valence-corrected chi connectivity index (χ4v) is 5.95. The predicted octanol–water partition coefficient (Wildman–Crippen LogP) is 7.21. The number of hydrogen-bond acceptors (Lipinski definition) is 5. The van der Waals surface area contributed by atoms with Crippen LogP contribution in [0.25, 0.3) is 28.0 Å². The Balaban J connectivity index is 1.41. The summed E-state index contributed by atoms with van der Waals surface area (Å²) in [5.74, 6) is 0.105. The van der Waals surface area contributed by atoms with E-state index in [1.54, 1.807) is 12.4 Å². The largest absolute Gasteiger partial charge is 0.325 e. The number of halogens is 1. The second-order valence-corrected chi connectivity index (χ2v) is 10.9. The topological polar surface area (TPSA) is 72.7 Å². The molecule has 0 unspecified atom stereocenters. The maximum atomic E-state index is 13.0. The average Bonchev–Trinajstić information content (AvgIpc) is 3.20. The lowest BCUT2D eigenvalue weighted by Gasteiger charge is -2.15. The summed E-state index contributed by atoms with van der Waals surface area (Å²) in [6, 6.07) is 16.0. The van der Waals surface area contributed by atoms with Gasteiger partial charge in [-0.05, 0) is 91.9 Å². The van der Waals surface area contributed by atoms with Crippen molar-refractivity contribution in [2.45, 2.75) is 32.9 Å². The van der Waals surface area contributed by atoms with Gasteiger partial charge < -0.3 is 5.32 Å². The number of benzene rings is 2. The van der Waals surface area contributed by atoms with E-state index in [9.17, 15) is 4.79 Å². The van der Waals surface area contributed by atoms with E-state index in [1.807, 2.05) is 49.5 Å². The second-order valence-electron chi connectivity index (χ2n) is 9.08. The van der Waals surface area contributed by atoms with Gasteiger partial charge >= 0.3 is 0 Å². The number of anilines is 1. The van der Waals surface area contributed by atoms with Gasteiger partial charge in [-0.3, -0.25) is 14.3 Å². The minimum absolute atomic E-state index is 0.107. The SMILES string of the molecule is Cc1cc(C)c(-n2c(SCC(=O)Nc3cc(Br)cc(-c4ccncc4C)c3)nc3cccnc32)c(C)c1. The molecule has 5 aromatic rings. The first kappa shape index (κ1) is 25.2. The molecule has 0 fully saturated rings. The molecule has 6 nitrogen and oxygen atoms in total. The highest BCUT2D eigenvalue weighted by molar-refractivity contribution is 9.10. The summed E-state index contributed by atoms with van der Waals surface area (Å²) < 4.78 is 2.96. The zero-order chi connectivity index (χ0) is 26.1. The third-order valence-electron chi connectivity index (χ3n) is 6.09. The van der Waals surface area contributed by atoms with Crippen molar-refractivity contribution in [2.75, 3.05) is 11.1 Å². The van der Waals surface area contributed by atoms with Gasteiger partial charge in [0, 0.05) is 28.8 Å². The summed E-state index contributed by atoms with van der Waals surface area (Å²) >= 11 is 4.99. The number of imidazole rings is 1. The third-order valence-corrected chi connectivity index (χ3v) is 7.49. The lowest BCUT2D eigenvalue weighted by molar-refractivity contribution is -0.113. The molecule has 0 aliphatic rings. The highest BCUT2D eigenvalue weighted by Gasteiger charge is 2.19. The Morgan fingerprint density at radius 3 is 2.54 bits per heavy atom. The van der Waals surface area contributed by atoms with Crippen LogP contribution in [-0.4, -0.2) is 31.2 Å². The number of fused-ring (bicyclic) bond motifs is 1. The molecule has 8 heteroatoms. The van der Waals surface area contributed by atoms with Gasteiger partial charge in [0.2, 0.25) is 5.91 Å². The zero-order valence-corrected chi connectivity index (χ0v) is 23.4. The smallest absolute Gasteiger partial charge is 0.234 e. The number of carbonyl (C=O) groups excluding carboxylic acids is 1. The van der Waals surface area contributed by atoms with Gasteiger partial charge in [-0.2, -0.15) is 0 Å². The lowest BCUT2D eigenvalue weighted by atomic mass is 10.0. The first-order valence-corrected chi connectivity index (χ1v) is 13.6. The van der Waals surface area contributed by atoms with E-state index in [0.717, 1.165) is 60.0 Å². The van der Waals surface area contributed by atoms with E-state index in [4.69, 9.17) is 4.98 Å². The van der Waals surface area contributed by atoms with Crippen molar-refractivity contribution in [3.63, 3.8) is 0 Å². The molecule has 0 aliphatic carbocycles. The number of rotatable bonds is 6. The minimum atomic E-state index is -0.107. The Kier molecular flexibility index (Phi) is 7.13. The van der Waals surface area contributed by atoms with Crippen molar-refractivity contribution in [3.8, 4) is 16.8 Å². The maximum absolute atomic E-state index is 13.0. The lowest BCUT2D eigenvalue weighted by Crippen LogP contribution is -2.15. The Labute approximate surface area is 228 Å². The van der Waals surface area contributed by atoms with Gasteiger partial charge in [-0.25, -0.2) is 9.97 Å². The molecule has 0 saturated carbocycles. The van der Waals surface area contributed by atoms with Crippen LogP contribution in [0, 0.1) is 27.7 Å². The Bertz CT molecular complexity index is 1620. The monoisotopic (exact) mass is 571 g/mol. The van der Waals surface area contributed by atoms with Crippen LogP contribution >= 0.6 is 27.7 Å². The van der Waals surface area contributed by atoms with Crippen LogP contribution in [0.1, 0.15) is 22.3 Å². The second kappa shape index (κ2) is 10.5. The van der Waals surface area contributed by atoms with Crippen molar-refractivity contribution in [2.24, 2.45) is 0 Å².